The summed E-state index contributed by atoms with van der Waals surface area (Å²) in [4.78, 5) is 54.5. The molecule has 0 heterocycles. The minimum absolute atomic E-state index is 0.207. The molecule has 1 saturated carbocycles. The summed E-state index contributed by atoms with van der Waals surface area (Å²) in [6, 6.07) is 12.9. The van der Waals surface area contributed by atoms with Gasteiger partial charge < -0.3 is 25.0 Å². The van der Waals surface area contributed by atoms with Gasteiger partial charge in [-0.2, -0.15) is 0 Å². The van der Waals surface area contributed by atoms with E-state index in [1.165, 1.54) is 7.11 Å². The number of hydrogen-bond acceptors (Lipinski definition) is 6. The van der Waals surface area contributed by atoms with Crippen molar-refractivity contribution in [2.24, 2.45) is 0 Å². The number of benzene rings is 2. The number of esters is 1. The van der Waals surface area contributed by atoms with Crippen LogP contribution in [0.5, 0.6) is 0 Å². The molecule has 2 aromatic rings. The van der Waals surface area contributed by atoms with Gasteiger partial charge in [0, 0.05) is 12.5 Å². The number of alkyl carbamates (subject to hydrolysis) is 1. The van der Waals surface area contributed by atoms with Crippen LogP contribution in [0.4, 0.5) is 4.79 Å². The fourth-order valence-corrected chi connectivity index (χ4v) is 4.80. The Morgan fingerprint density at radius 3 is 2.15 bits per heavy atom. The van der Waals surface area contributed by atoms with Crippen molar-refractivity contribution in [2.75, 3.05) is 13.7 Å². The summed E-state index contributed by atoms with van der Waals surface area (Å²) < 4.78 is 10.2. The second-order valence-electron chi connectivity index (χ2n) is 11.3. The molecule has 1 fully saturated rings. The molecule has 3 amide bonds. The molecule has 9 nitrogen and oxygen atoms in total. The molecule has 9 heteroatoms. The van der Waals surface area contributed by atoms with E-state index in [2.05, 4.69) is 10.6 Å². The predicted octanol–water partition coefficient (Wildman–Crippen LogP) is 4.15. The van der Waals surface area contributed by atoms with E-state index >= 15 is 0 Å². The third kappa shape index (κ3) is 8.56. The zero-order chi connectivity index (χ0) is 29.4. The van der Waals surface area contributed by atoms with Crippen LogP contribution in [0.3, 0.4) is 0 Å². The molecule has 3 rings (SSSR count). The second-order valence-corrected chi connectivity index (χ2v) is 11.3. The van der Waals surface area contributed by atoms with Crippen molar-refractivity contribution in [1.82, 2.24) is 15.5 Å². The van der Waals surface area contributed by atoms with E-state index in [1.54, 1.807) is 25.7 Å². The van der Waals surface area contributed by atoms with Gasteiger partial charge in [-0.25, -0.2) is 4.79 Å². The molecule has 0 radical (unpaired) electrons. The van der Waals surface area contributed by atoms with E-state index in [4.69, 9.17) is 9.47 Å². The number of amides is 3. The van der Waals surface area contributed by atoms with Crippen LogP contribution in [-0.2, 0) is 30.3 Å². The fourth-order valence-electron chi connectivity index (χ4n) is 4.80. The van der Waals surface area contributed by atoms with Crippen molar-refractivity contribution >= 4 is 23.9 Å². The first-order valence-electron chi connectivity index (χ1n) is 13.7. The number of ether oxygens (including phenoxy) is 2. The standard InChI is InChI=1S/C31H41N3O6/c1-20-15-21(2)17-23(16-20)27(28(36)32-19-26(35)39-6)34(24-13-10-14-24)29(37)25(18-22-11-8-7-9-12-22)33-30(38)40-31(3,4)5/h7-9,11-12,15-17,24-25,27H,10,13-14,18-19H2,1-6H3,(H,32,36)(H,33,38). The van der Waals surface area contributed by atoms with Crippen molar-refractivity contribution in [3.63, 3.8) is 0 Å². The van der Waals surface area contributed by atoms with Gasteiger partial charge in [0.25, 0.3) is 0 Å². The Morgan fingerprint density at radius 1 is 1.00 bits per heavy atom. The normalized spacial score (nSPS) is 14.8. The van der Waals surface area contributed by atoms with E-state index in [0.29, 0.717) is 5.56 Å². The fraction of sp³-hybridized carbons (Fsp3) is 0.484. The summed E-state index contributed by atoms with van der Waals surface area (Å²) in [5.41, 5.74) is 2.61. The molecule has 0 aromatic heterocycles. The van der Waals surface area contributed by atoms with Crippen LogP contribution in [0.25, 0.3) is 0 Å². The van der Waals surface area contributed by atoms with Crippen LogP contribution in [-0.4, -0.2) is 60.1 Å². The molecule has 1 aliphatic carbocycles. The van der Waals surface area contributed by atoms with Gasteiger partial charge in [0.05, 0.1) is 7.11 Å². The minimum atomic E-state index is -1.01. The lowest BCUT2D eigenvalue weighted by Crippen LogP contribution is -2.58. The number of carbonyl (C=O) groups excluding carboxylic acids is 4. The van der Waals surface area contributed by atoms with Crippen molar-refractivity contribution in [3.05, 3.63) is 70.8 Å². The molecule has 1 aliphatic rings. The smallest absolute Gasteiger partial charge is 0.408 e. The van der Waals surface area contributed by atoms with Gasteiger partial charge in [-0.05, 0) is 65.0 Å². The maximum Gasteiger partial charge on any atom is 0.408 e. The molecular weight excluding hydrogens is 510 g/mol. The minimum Gasteiger partial charge on any atom is -0.468 e. The molecule has 0 aliphatic heterocycles. The van der Waals surface area contributed by atoms with E-state index in [9.17, 15) is 19.2 Å². The molecular formula is C31H41N3O6. The van der Waals surface area contributed by atoms with E-state index in [-0.39, 0.29) is 19.0 Å². The van der Waals surface area contributed by atoms with Crippen LogP contribution in [0.2, 0.25) is 0 Å². The van der Waals surface area contributed by atoms with Crippen LogP contribution >= 0.6 is 0 Å². The lowest BCUT2D eigenvalue weighted by Gasteiger charge is -2.43. The Labute approximate surface area is 236 Å². The number of methoxy groups -OCH3 is 1. The van der Waals surface area contributed by atoms with Crippen LogP contribution < -0.4 is 10.6 Å². The number of rotatable bonds is 10. The highest BCUT2D eigenvalue weighted by Gasteiger charge is 2.42. The average molecular weight is 552 g/mol. The Kier molecular flexibility index (Phi) is 10.3. The van der Waals surface area contributed by atoms with Crippen molar-refractivity contribution in [2.45, 2.75) is 84.0 Å². The quantitative estimate of drug-likeness (QED) is 0.429. The molecule has 0 saturated heterocycles. The highest BCUT2D eigenvalue weighted by molar-refractivity contribution is 5.93. The molecule has 0 spiro atoms. The highest BCUT2D eigenvalue weighted by atomic mass is 16.6. The topological polar surface area (TPSA) is 114 Å². The van der Waals surface area contributed by atoms with Gasteiger partial charge in [-0.1, -0.05) is 59.7 Å². The van der Waals surface area contributed by atoms with Gasteiger partial charge in [-0.15, -0.1) is 0 Å². The first-order chi connectivity index (χ1) is 18.9. The molecule has 0 bridgehead atoms. The van der Waals surface area contributed by atoms with Gasteiger partial charge >= 0.3 is 12.1 Å². The predicted molar refractivity (Wildman–Crippen MR) is 151 cm³/mol. The van der Waals surface area contributed by atoms with Crippen LogP contribution in [0.1, 0.15) is 68.3 Å². The van der Waals surface area contributed by atoms with E-state index in [0.717, 1.165) is 36.0 Å². The largest absolute Gasteiger partial charge is 0.468 e. The summed E-state index contributed by atoms with van der Waals surface area (Å²) >= 11 is 0. The number of carbonyl (C=O) groups is 4. The van der Waals surface area contributed by atoms with Gasteiger partial charge in [-0.3, -0.25) is 14.4 Å². The van der Waals surface area contributed by atoms with Crippen LogP contribution in [0, 0.1) is 13.8 Å². The second kappa shape index (κ2) is 13.5. The molecule has 40 heavy (non-hydrogen) atoms. The number of nitrogens with one attached hydrogen (secondary N) is 2. The summed E-state index contributed by atoms with van der Waals surface area (Å²) in [5, 5.41) is 5.42. The zero-order valence-corrected chi connectivity index (χ0v) is 24.3. The Hall–Kier alpha value is -3.88. The average Bonchev–Trinajstić information content (AvgIpc) is 2.83. The Morgan fingerprint density at radius 2 is 1.62 bits per heavy atom. The maximum absolute atomic E-state index is 14.5. The summed E-state index contributed by atoms with van der Waals surface area (Å²) in [5.74, 6) is -1.48. The van der Waals surface area contributed by atoms with Gasteiger partial charge in [0.2, 0.25) is 11.8 Å². The summed E-state index contributed by atoms with van der Waals surface area (Å²) in [6.07, 6.45) is 1.86. The van der Waals surface area contributed by atoms with Crippen molar-refractivity contribution < 1.29 is 28.7 Å². The molecule has 2 N–H and O–H groups in total. The Balaban J connectivity index is 2.05. The van der Waals surface area contributed by atoms with Crippen molar-refractivity contribution in [1.29, 1.82) is 0 Å². The summed E-state index contributed by atoms with van der Waals surface area (Å²) in [7, 11) is 1.25. The van der Waals surface area contributed by atoms with E-state index < -0.39 is 41.6 Å². The SMILES string of the molecule is COC(=O)CNC(=O)C(c1cc(C)cc(C)c1)N(C(=O)C(Cc1ccccc1)NC(=O)OC(C)(C)C)C1CCC1. The molecule has 2 aromatic carbocycles. The number of nitrogens with zero attached hydrogens (tertiary/aromatic N) is 1. The highest BCUT2D eigenvalue weighted by Crippen LogP contribution is 2.34. The number of hydrogen-bond donors (Lipinski definition) is 2. The zero-order valence-electron chi connectivity index (χ0n) is 24.3. The van der Waals surface area contributed by atoms with Gasteiger partial charge in [0.1, 0.15) is 24.2 Å². The molecule has 2 atom stereocenters. The van der Waals surface area contributed by atoms with Gasteiger partial charge in [0.15, 0.2) is 0 Å². The maximum atomic E-state index is 14.5. The Bertz CT molecular complexity index is 1180. The lowest BCUT2D eigenvalue weighted by atomic mass is 9.87. The number of aryl methyl sites for hydroxylation is 2. The lowest BCUT2D eigenvalue weighted by molar-refractivity contribution is -0.148. The third-order valence-corrected chi connectivity index (χ3v) is 6.72. The summed E-state index contributed by atoms with van der Waals surface area (Å²) in [6.45, 7) is 8.79. The van der Waals surface area contributed by atoms with E-state index in [1.807, 2.05) is 62.4 Å². The first-order valence-corrected chi connectivity index (χ1v) is 13.7. The first kappa shape index (κ1) is 30.7. The van der Waals surface area contributed by atoms with Crippen molar-refractivity contribution in [3.8, 4) is 0 Å². The molecule has 2 unspecified atom stereocenters. The van der Waals surface area contributed by atoms with Crippen LogP contribution in [0.15, 0.2) is 48.5 Å². The third-order valence-electron chi connectivity index (χ3n) is 6.72. The molecule has 216 valence electrons. The monoisotopic (exact) mass is 551 g/mol.